The molecule has 0 aliphatic rings. The summed E-state index contributed by atoms with van der Waals surface area (Å²) in [6.07, 6.45) is -0.450. The van der Waals surface area contributed by atoms with Crippen LogP contribution in [-0.2, 0) is 11.3 Å². The molecule has 0 aliphatic heterocycles. The molecule has 2 N–H and O–H groups in total. The highest BCUT2D eigenvalue weighted by molar-refractivity contribution is 9.10. The number of benzene rings is 1. The molecule has 3 nitrogen and oxygen atoms in total. The number of rotatable bonds is 6. The molecule has 0 spiro atoms. The van der Waals surface area contributed by atoms with Crippen LogP contribution in [0.1, 0.15) is 11.1 Å². The number of aliphatic hydroxyl groups is 1. The minimum atomic E-state index is -0.450. The van der Waals surface area contributed by atoms with E-state index in [4.69, 9.17) is 4.74 Å². The van der Waals surface area contributed by atoms with Crippen molar-refractivity contribution < 1.29 is 9.84 Å². The quantitative estimate of drug-likeness (QED) is 0.839. The van der Waals surface area contributed by atoms with Gasteiger partial charge in [0.15, 0.2) is 0 Å². The molecule has 0 heterocycles. The lowest BCUT2D eigenvalue weighted by Gasteiger charge is -2.11. The molecule has 0 unspecified atom stereocenters. The van der Waals surface area contributed by atoms with E-state index in [-0.39, 0.29) is 0 Å². The molecule has 1 aromatic carbocycles. The molecule has 0 aliphatic carbocycles. The fourth-order valence-electron chi connectivity index (χ4n) is 1.42. The maximum absolute atomic E-state index is 9.44. The molecule has 0 saturated heterocycles. The number of hydrogen-bond donors (Lipinski definition) is 2. The largest absolute Gasteiger partial charge is 0.389 e. The van der Waals surface area contributed by atoms with Gasteiger partial charge < -0.3 is 15.2 Å². The number of nitrogens with one attached hydrogen (secondary N) is 1. The van der Waals surface area contributed by atoms with Crippen molar-refractivity contribution in [2.45, 2.75) is 19.6 Å². The maximum Gasteiger partial charge on any atom is 0.0897 e. The SMILES string of the molecule is COC[C@H](O)CNCc1ccc(C)cc1Br. The summed E-state index contributed by atoms with van der Waals surface area (Å²) >= 11 is 3.52. The average Bonchev–Trinajstić information content (AvgIpc) is 2.22. The van der Waals surface area contributed by atoms with Crippen LogP contribution in [0.5, 0.6) is 0 Å². The summed E-state index contributed by atoms with van der Waals surface area (Å²) in [5.74, 6) is 0. The normalized spacial score (nSPS) is 12.8. The number of methoxy groups -OCH3 is 1. The number of ether oxygens (including phenoxy) is 1. The fraction of sp³-hybridized carbons (Fsp3) is 0.500. The summed E-state index contributed by atoms with van der Waals surface area (Å²) in [4.78, 5) is 0. The van der Waals surface area contributed by atoms with Crippen LogP contribution in [0.3, 0.4) is 0 Å². The van der Waals surface area contributed by atoms with E-state index in [2.05, 4.69) is 46.4 Å². The van der Waals surface area contributed by atoms with Crippen LogP contribution < -0.4 is 5.32 Å². The Balaban J connectivity index is 2.37. The molecule has 4 heteroatoms. The molecule has 16 heavy (non-hydrogen) atoms. The highest BCUT2D eigenvalue weighted by Gasteiger charge is 2.04. The van der Waals surface area contributed by atoms with E-state index in [9.17, 15) is 5.11 Å². The molecule has 0 saturated carbocycles. The average molecular weight is 288 g/mol. The minimum Gasteiger partial charge on any atom is -0.389 e. The van der Waals surface area contributed by atoms with Gasteiger partial charge in [-0.1, -0.05) is 28.1 Å². The van der Waals surface area contributed by atoms with Gasteiger partial charge in [-0.3, -0.25) is 0 Å². The number of aliphatic hydroxyl groups excluding tert-OH is 1. The van der Waals surface area contributed by atoms with Crippen molar-refractivity contribution >= 4 is 15.9 Å². The van der Waals surface area contributed by atoms with Crippen LogP contribution in [0.4, 0.5) is 0 Å². The third-order valence-corrected chi connectivity index (χ3v) is 3.00. The van der Waals surface area contributed by atoms with Crippen molar-refractivity contribution in [2.24, 2.45) is 0 Å². The molecule has 0 fully saturated rings. The number of aryl methyl sites for hydroxylation is 1. The summed E-state index contributed by atoms with van der Waals surface area (Å²) in [6, 6.07) is 6.24. The summed E-state index contributed by atoms with van der Waals surface area (Å²) in [7, 11) is 1.58. The second kappa shape index (κ2) is 7.01. The van der Waals surface area contributed by atoms with Crippen molar-refractivity contribution in [3.05, 3.63) is 33.8 Å². The zero-order chi connectivity index (χ0) is 12.0. The smallest absolute Gasteiger partial charge is 0.0897 e. The minimum absolute atomic E-state index is 0.363. The lowest BCUT2D eigenvalue weighted by molar-refractivity contribution is 0.0644. The van der Waals surface area contributed by atoms with Gasteiger partial charge in [-0.15, -0.1) is 0 Å². The molecule has 1 aromatic rings. The lowest BCUT2D eigenvalue weighted by atomic mass is 10.1. The van der Waals surface area contributed by atoms with Gasteiger partial charge >= 0.3 is 0 Å². The second-order valence-electron chi connectivity index (χ2n) is 3.83. The molecule has 0 bridgehead atoms. The van der Waals surface area contributed by atoms with Gasteiger partial charge in [0.2, 0.25) is 0 Å². The highest BCUT2D eigenvalue weighted by Crippen LogP contribution is 2.17. The summed E-state index contributed by atoms with van der Waals surface area (Å²) < 4.78 is 5.94. The Hall–Kier alpha value is -0.420. The molecule has 0 radical (unpaired) electrons. The van der Waals surface area contributed by atoms with Crippen molar-refractivity contribution in [1.29, 1.82) is 0 Å². The van der Waals surface area contributed by atoms with E-state index >= 15 is 0 Å². The monoisotopic (exact) mass is 287 g/mol. The fourth-order valence-corrected chi connectivity index (χ4v) is 2.05. The van der Waals surface area contributed by atoms with Crippen LogP contribution in [0.15, 0.2) is 22.7 Å². The first-order valence-corrected chi connectivity index (χ1v) is 6.05. The zero-order valence-corrected chi connectivity index (χ0v) is 11.3. The Morgan fingerprint density at radius 2 is 2.25 bits per heavy atom. The lowest BCUT2D eigenvalue weighted by Crippen LogP contribution is -2.29. The van der Waals surface area contributed by atoms with E-state index in [0.717, 1.165) is 11.0 Å². The molecule has 90 valence electrons. The van der Waals surface area contributed by atoms with E-state index in [0.29, 0.717) is 13.2 Å². The molecule has 0 amide bonds. The molecule has 0 aromatic heterocycles. The first kappa shape index (κ1) is 13.6. The van der Waals surface area contributed by atoms with Gasteiger partial charge in [0.05, 0.1) is 12.7 Å². The number of halogens is 1. The predicted molar refractivity (Wildman–Crippen MR) is 68.5 cm³/mol. The first-order valence-electron chi connectivity index (χ1n) is 5.26. The Kier molecular flexibility index (Phi) is 5.98. The molecular formula is C12H18BrNO2. The Morgan fingerprint density at radius 1 is 1.50 bits per heavy atom. The Labute approximate surface area is 105 Å². The van der Waals surface area contributed by atoms with Gasteiger partial charge in [0.1, 0.15) is 0 Å². The van der Waals surface area contributed by atoms with Gasteiger partial charge in [-0.25, -0.2) is 0 Å². The van der Waals surface area contributed by atoms with Crippen LogP contribution >= 0.6 is 15.9 Å². The summed E-state index contributed by atoms with van der Waals surface area (Å²) in [6.45, 7) is 3.70. The van der Waals surface area contributed by atoms with E-state index in [1.165, 1.54) is 11.1 Å². The van der Waals surface area contributed by atoms with Gasteiger partial charge in [0, 0.05) is 24.7 Å². The summed E-state index contributed by atoms with van der Waals surface area (Å²) in [5.41, 5.74) is 2.42. The van der Waals surface area contributed by atoms with E-state index in [1.54, 1.807) is 7.11 Å². The first-order chi connectivity index (χ1) is 7.63. The standard InChI is InChI=1S/C12H18BrNO2/c1-9-3-4-10(12(13)5-9)6-14-7-11(15)8-16-2/h3-5,11,14-15H,6-8H2,1-2H3/t11-/m1/s1. The second-order valence-corrected chi connectivity index (χ2v) is 4.69. The predicted octanol–water partition coefficient (Wildman–Crippen LogP) is 1.85. The number of hydrogen-bond acceptors (Lipinski definition) is 3. The van der Waals surface area contributed by atoms with Gasteiger partial charge in [-0.2, -0.15) is 0 Å². The topological polar surface area (TPSA) is 41.5 Å². The summed E-state index contributed by atoms with van der Waals surface area (Å²) in [5, 5.41) is 12.6. The Morgan fingerprint density at radius 3 is 2.88 bits per heavy atom. The maximum atomic E-state index is 9.44. The van der Waals surface area contributed by atoms with Crippen LogP contribution in [-0.4, -0.2) is 31.5 Å². The van der Waals surface area contributed by atoms with Crippen molar-refractivity contribution in [3.8, 4) is 0 Å². The van der Waals surface area contributed by atoms with Crippen LogP contribution in [0.25, 0.3) is 0 Å². The third-order valence-electron chi connectivity index (χ3n) is 2.26. The van der Waals surface area contributed by atoms with Gasteiger partial charge in [0.25, 0.3) is 0 Å². The van der Waals surface area contributed by atoms with Gasteiger partial charge in [-0.05, 0) is 24.1 Å². The van der Waals surface area contributed by atoms with E-state index < -0.39 is 6.10 Å². The van der Waals surface area contributed by atoms with Crippen LogP contribution in [0, 0.1) is 6.92 Å². The zero-order valence-electron chi connectivity index (χ0n) is 9.66. The van der Waals surface area contributed by atoms with Crippen molar-refractivity contribution in [3.63, 3.8) is 0 Å². The van der Waals surface area contributed by atoms with Crippen LogP contribution in [0.2, 0.25) is 0 Å². The van der Waals surface area contributed by atoms with E-state index in [1.807, 2.05) is 0 Å². The molecule has 1 atom stereocenters. The van der Waals surface area contributed by atoms with Crippen molar-refractivity contribution in [2.75, 3.05) is 20.3 Å². The van der Waals surface area contributed by atoms with Crippen molar-refractivity contribution in [1.82, 2.24) is 5.32 Å². The Bertz CT molecular complexity index is 331. The highest BCUT2D eigenvalue weighted by atomic mass is 79.9. The molecular weight excluding hydrogens is 270 g/mol. The third kappa shape index (κ3) is 4.61. The molecule has 1 rings (SSSR count).